The van der Waals surface area contributed by atoms with E-state index in [2.05, 4.69) is 20.8 Å². The lowest BCUT2D eigenvalue weighted by atomic mass is 10.9. The van der Waals surface area contributed by atoms with E-state index in [9.17, 15) is 0 Å². The standard InChI is InChI=1S/C6H15S.NO3/c1-4-7(5-2)6-3;2-1(3)4/h4-6H2,1-3H3;/q+1;-1. The molecule has 0 unspecified atom stereocenters. The maximum absolute atomic E-state index is 8.25. The summed E-state index contributed by atoms with van der Waals surface area (Å²) >= 11 is 0. The SMILES string of the molecule is CC[S+](CC)CC.O=[N+]([O-])[O-]. The Bertz CT molecular complexity index is 86.3. The van der Waals surface area contributed by atoms with Gasteiger partial charge in [-0.15, -0.1) is 0 Å². The number of nitrogens with zero attached hydrogens (tertiary/aromatic N) is 1. The normalized spacial score (nSPS) is 8.73. The van der Waals surface area contributed by atoms with Crippen LogP contribution in [0.1, 0.15) is 20.8 Å². The Morgan fingerprint density at radius 2 is 1.27 bits per heavy atom. The van der Waals surface area contributed by atoms with Crippen molar-refractivity contribution in [3.63, 3.8) is 0 Å². The van der Waals surface area contributed by atoms with Crippen LogP contribution in [0, 0.1) is 15.3 Å². The lowest BCUT2D eigenvalue weighted by molar-refractivity contribution is -0.402. The van der Waals surface area contributed by atoms with E-state index in [0.717, 1.165) is 10.9 Å². The van der Waals surface area contributed by atoms with Gasteiger partial charge in [0.1, 0.15) is 17.3 Å². The highest BCUT2D eigenvalue weighted by atomic mass is 32.2. The van der Waals surface area contributed by atoms with Crippen LogP contribution < -0.4 is 0 Å². The van der Waals surface area contributed by atoms with Crippen molar-refractivity contribution in [2.75, 3.05) is 17.3 Å². The Morgan fingerprint density at radius 1 is 1.09 bits per heavy atom. The van der Waals surface area contributed by atoms with Crippen molar-refractivity contribution >= 4 is 10.9 Å². The predicted molar refractivity (Wildman–Crippen MR) is 49.3 cm³/mol. The van der Waals surface area contributed by atoms with Crippen molar-refractivity contribution in [1.29, 1.82) is 0 Å². The average Bonchev–Trinajstić information content (AvgIpc) is 1.90. The van der Waals surface area contributed by atoms with Gasteiger partial charge in [-0.05, 0) is 31.7 Å². The van der Waals surface area contributed by atoms with Crippen LogP contribution >= 0.6 is 0 Å². The second-order valence-corrected chi connectivity index (χ2v) is 4.66. The van der Waals surface area contributed by atoms with Crippen LogP contribution in [0.25, 0.3) is 0 Å². The van der Waals surface area contributed by atoms with E-state index >= 15 is 0 Å². The number of hydrogen-bond donors (Lipinski definition) is 0. The highest BCUT2D eigenvalue weighted by Crippen LogP contribution is 1.92. The van der Waals surface area contributed by atoms with E-state index in [1.54, 1.807) is 0 Å². The summed E-state index contributed by atoms with van der Waals surface area (Å²) in [6.07, 6.45) is 0. The lowest BCUT2D eigenvalue weighted by Crippen LogP contribution is -2.09. The van der Waals surface area contributed by atoms with Gasteiger partial charge in [0.2, 0.25) is 0 Å². The van der Waals surface area contributed by atoms with Crippen molar-refractivity contribution in [3.05, 3.63) is 15.3 Å². The molecule has 0 N–H and O–H groups in total. The zero-order chi connectivity index (χ0) is 9.28. The molecule has 0 saturated carbocycles. The highest BCUT2D eigenvalue weighted by molar-refractivity contribution is 7.96. The topological polar surface area (TPSA) is 66.2 Å². The van der Waals surface area contributed by atoms with E-state index in [-0.39, 0.29) is 0 Å². The van der Waals surface area contributed by atoms with Gasteiger partial charge in [-0.3, -0.25) is 0 Å². The minimum atomic E-state index is -1.75. The minimum Gasteiger partial charge on any atom is -0.356 e. The second-order valence-electron chi connectivity index (χ2n) is 1.70. The fourth-order valence-corrected chi connectivity index (χ4v) is 1.84. The quantitative estimate of drug-likeness (QED) is 0.376. The third-order valence-electron chi connectivity index (χ3n) is 1.22. The zero-order valence-corrected chi connectivity index (χ0v) is 8.02. The van der Waals surface area contributed by atoms with Crippen molar-refractivity contribution in [3.8, 4) is 0 Å². The number of rotatable bonds is 3. The van der Waals surface area contributed by atoms with Crippen LogP contribution in [0.4, 0.5) is 0 Å². The molecule has 4 nitrogen and oxygen atoms in total. The summed E-state index contributed by atoms with van der Waals surface area (Å²) in [5.74, 6) is 4.15. The van der Waals surface area contributed by atoms with Crippen LogP contribution in [0.15, 0.2) is 0 Å². The zero-order valence-electron chi connectivity index (χ0n) is 7.20. The van der Waals surface area contributed by atoms with Gasteiger partial charge in [0.25, 0.3) is 0 Å². The smallest absolute Gasteiger partial charge is 0.105 e. The minimum absolute atomic E-state index is 0.755. The Labute approximate surface area is 70.1 Å². The van der Waals surface area contributed by atoms with Crippen LogP contribution in [0.5, 0.6) is 0 Å². The average molecular weight is 181 g/mol. The lowest BCUT2D eigenvalue weighted by Gasteiger charge is -1.96. The van der Waals surface area contributed by atoms with Gasteiger partial charge in [-0.2, -0.15) is 0 Å². The molecule has 0 aliphatic rings. The second kappa shape index (κ2) is 9.55. The van der Waals surface area contributed by atoms with Crippen LogP contribution in [0.2, 0.25) is 0 Å². The molecule has 0 aliphatic carbocycles. The molecule has 0 aromatic heterocycles. The molecule has 0 radical (unpaired) electrons. The molecule has 0 bridgehead atoms. The summed E-state index contributed by atoms with van der Waals surface area (Å²) in [5, 5.41) is 14.8. The van der Waals surface area contributed by atoms with E-state index in [0.29, 0.717) is 0 Å². The van der Waals surface area contributed by atoms with Gasteiger partial charge in [0.05, 0.1) is 5.09 Å². The monoisotopic (exact) mass is 181 g/mol. The van der Waals surface area contributed by atoms with Crippen molar-refractivity contribution in [2.24, 2.45) is 0 Å². The molecule has 0 aromatic carbocycles. The van der Waals surface area contributed by atoms with Crippen molar-refractivity contribution < 1.29 is 5.09 Å². The van der Waals surface area contributed by atoms with Gasteiger partial charge < -0.3 is 15.3 Å². The summed E-state index contributed by atoms with van der Waals surface area (Å²) < 4.78 is 0. The summed E-state index contributed by atoms with van der Waals surface area (Å²) in [6.45, 7) is 6.82. The summed E-state index contributed by atoms with van der Waals surface area (Å²) in [7, 11) is 0.755. The molecule has 0 atom stereocenters. The molecule has 0 aliphatic heterocycles. The maximum atomic E-state index is 8.25. The van der Waals surface area contributed by atoms with Gasteiger partial charge in [-0.25, -0.2) is 0 Å². The molecule has 0 spiro atoms. The molecular formula is C6H15NO3S. The molecule has 5 heteroatoms. The number of hydrogen-bond acceptors (Lipinski definition) is 3. The Balaban J connectivity index is 0. The maximum Gasteiger partial charge on any atom is 0.105 e. The first kappa shape index (κ1) is 13.2. The van der Waals surface area contributed by atoms with Crippen molar-refractivity contribution in [2.45, 2.75) is 20.8 Å². The summed E-state index contributed by atoms with van der Waals surface area (Å²) in [5.41, 5.74) is 0. The largest absolute Gasteiger partial charge is 0.356 e. The van der Waals surface area contributed by atoms with Crippen molar-refractivity contribution in [1.82, 2.24) is 0 Å². The van der Waals surface area contributed by atoms with Crippen LogP contribution in [-0.2, 0) is 10.9 Å². The molecule has 11 heavy (non-hydrogen) atoms. The Hall–Kier alpha value is -0.450. The first-order chi connectivity index (χ1) is 5.08. The molecule has 0 heterocycles. The first-order valence-electron chi connectivity index (χ1n) is 3.54. The third kappa shape index (κ3) is 17.7. The molecule has 0 saturated heterocycles. The highest BCUT2D eigenvalue weighted by Gasteiger charge is 2.05. The molecule has 0 fully saturated rings. The van der Waals surface area contributed by atoms with Gasteiger partial charge >= 0.3 is 0 Å². The van der Waals surface area contributed by atoms with Gasteiger partial charge in [0, 0.05) is 0 Å². The molecule has 0 rings (SSSR count). The molecular weight excluding hydrogens is 166 g/mol. The Kier molecular flexibility index (Phi) is 11.4. The van der Waals surface area contributed by atoms with Crippen LogP contribution in [-0.4, -0.2) is 22.3 Å². The fourth-order valence-electron chi connectivity index (χ4n) is 0.612. The van der Waals surface area contributed by atoms with E-state index in [1.807, 2.05) is 0 Å². The summed E-state index contributed by atoms with van der Waals surface area (Å²) in [4.78, 5) is 8.25. The van der Waals surface area contributed by atoms with Gasteiger partial charge in [-0.1, -0.05) is 0 Å². The molecule has 0 amide bonds. The fraction of sp³-hybridized carbons (Fsp3) is 1.00. The third-order valence-corrected chi connectivity index (χ3v) is 3.67. The van der Waals surface area contributed by atoms with E-state index in [1.165, 1.54) is 17.3 Å². The molecule has 0 aromatic rings. The van der Waals surface area contributed by atoms with Gasteiger partial charge in [0.15, 0.2) is 0 Å². The Morgan fingerprint density at radius 3 is 1.27 bits per heavy atom. The van der Waals surface area contributed by atoms with Crippen LogP contribution in [0.3, 0.4) is 0 Å². The van der Waals surface area contributed by atoms with E-state index < -0.39 is 5.09 Å². The van der Waals surface area contributed by atoms with E-state index in [4.69, 9.17) is 15.3 Å². The summed E-state index contributed by atoms with van der Waals surface area (Å²) in [6, 6.07) is 0. The first-order valence-corrected chi connectivity index (χ1v) is 5.27. The molecule has 68 valence electrons. The predicted octanol–water partition coefficient (Wildman–Crippen LogP) is 1.43.